The number of hydrogen-bond donors (Lipinski definition) is 2. The quantitative estimate of drug-likeness (QED) is 0.306. The molecule has 4 aromatic rings. The summed E-state index contributed by atoms with van der Waals surface area (Å²) in [6.45, 7) is 6.12. The van der Waals surface area contributed by atoms with Crippen LogP contribution in [0, 0.1) is 20.8 Å². The highest BCUT2D eigenvalue weighted by molar-refractivity contribution is 9.10. The molecule has 0 saturated heterocycles. The second-order valence-corrected chi connectivity index (χ2v) is 9.39. The lowest BCUT2D eigenvalue weighted by atomic mass is 9.96. The molecule has 0 aliphatic carbocycles. The van der Waals surface area contributed by atoms with Gasteiger partial charge in [0, 0.05) is 20.6 Å². The van der Waals surface area contributed by atoms with Crippen LogP contribution in [0.5, 0.6) is 0 Å². The maximum atomic E-state index is 12.7. The van der Waals surface area contributed by atoms with E-state index in [4.69, 9.17) is 4.42 Å². The number of amides is 1. The predicted octanol–water partition coefficient (Wildman–Crippen LogP) is 6.88. The smallest absolute Gasteiger partial charge is 0.291 e. The molecule has 3 heterocycles. The third kappa shape index (κ3) is 4.73. The van der Waals surface area contributed by atoms with Crippen LogP contribution in [0.4, 0.5) is 10.8 Å². The summed E-state index contributed by atoms with van der Waals surface area (Å²) in [5.41, 5.74) is 4.16. The summed E-state index contributed by atoms with van der Waals surface area (Å²) in [6.07, 6.45) is 1.50. The van der Waals surface area contributed by atoms with Crippen LogP contribution in [-0.4, -0.2) is 10.9 Å². The third-order valence-corrected chi connectivity index (χ3v) is 6.74. The number of anilines is 2. The van der Waals surface area contributed by atoms with E-state index in [0.29, 0.717) is 0 Å². The fourth-order valence-corrected chi connectivity index (χ4v) is 4.76. The van der Waals surface area contributed by atoms with Crippen LogP contribution in [0.15, 0.2) is 69.8 Å². The van der Waals surface area contributed by atoms with Crippen molar-refractivity contribution in [1.29, 1.82) is 0 Å². The van der Waals surface area contributed by atoms with Crippen LogP contribution in [-0.2, 0) is 0 Å². The van der Waals surface area contributed by atoms with Crippen molar-refractivity contribution in [2.24, 2.45) is 0 Å². The number of carbonyl (C=O) groups is 1. The van der Waals surface area contributed by atoms with Gasteiger partial charge in [0.25, 0.3) is 5.91 Å². The Kier molecular flexibility index (Phi) is 6.25. The Morgan fingerprint density at radius 1 is 1.06 bits per heavy atom. The maximum absolute atomic E-state index is 12.7. The van der Waals surface area contributed by atoms with Crippen molar-refractivity contribution in [3.8, 4) is 0 Å². The van der Waals surface area contributed by atoms with Gasteiger partial charge in [-0.05, 0) is 68.3 Å². The highest BCUT2D eigenvalue weighted by Crippen LogP contribution is 2.41. The summed E-state index contributed by atoms with van der Waals surface area (Å²) in [4.78, 5) is 18.5. The number of hydrogen-bond acceptors (Lipinski definition) is 5. The standard InChI is InChI=1S/C24H22BrN3O2S/c1-14-6-4-8-20(26-14)27-22(17-9-11-18(25)12-10-17)21-15(2)16(3)31-24(21)28-23(29)19-7-5-13-30-19/h4-13,22H,1-3H3,(H,26,27)(H,28,29). The molecule has 1 amide bonds. The van der Waals surface area contributed by atoms with E-state index in [1.807, 2.05) is 37.3 Å². The van der Waals surface area contributed by atoms with E-state index in [2.05, 4.69) is 57.5 Å². The van der Waals surface area contributed by atoms with E-state index in [0.717, 1.165) is 42.6 Å². The van der Waals surface area contributed by atoms with Gasteiger partial charge in [0.2, 0.25) is 0 Å². The zero-order valence-corrected chi connectivity index (χ0v) is 19.8. The number of furan rings is 1. The first-order valence-corrected chi connectivity index (χ1v) is 11.4. The number of pyridine rings is 1. The number of nitrogens with one attached hydrogen (secondary N) is 2. The average Bonchev–Trinajstić information content (AvgIpc) is 3.37. The van der Waals surface area contributed by atoms with E-state index in [1.54, 1.807) is 23.5 Å². The van der Waals surface area contributed by atoms with Crippen LogP contribution in [0.3, 0.4) is 0 Å². The van der Waals surface area contributed by atoms with Gasteiger partial charge in [-0.2, -0.15) is 0 Å². The molecule has 1 aromatic carbocycles. The molecule has 2 N–H and O–H groups in total. The Bertz CT molecular complexity index is 1200. The third-order valence-electron chi connectivity index (χ3n) is 5.08. The molecular formula is C24H22BrN3O2S. The Morgan fingerprint density at radius 3 is 2.52 bits per heavy atom. The number of aryl methyl sites for hydroxylation is 2. The van der Waals surface area contributed by atoms with E-state index >= 15 is 0 Å². The number of benzene rings is 1. The highest BCUT2D eigenvalue weighted by Gasteiger charge is 2.25. The minimum absolute atomic E-state index is 0.195. The molecule has 3 aromatic heterocycles. The minimum atomic E-state index is -0.268. The number of halogens is 1. The van der Waals surface area contributed by atoms with E-state index < -0.39 is 0 Å². The number of aromatic nitrogens is 1. The molecule has 1 atom stereocenters. The molecule has 0 fully saturated rings. The van der Waals surface area contributed by atoms with Crippen molar-refractivity contribution in [3.63, 3.8) is 0 Å². The largest absolute Gasteiger partial charge is 0.459 e. The summed E-state index contributed by atoms with van der Waals surface area (Å²) >= 11 is 5.08. The lowest BCUT2D eigenvalue weighted by Crippen LogP contribution is -2.17. The summed E-state index contributed by atoms with van der Waals surface area (Å²) in [5.74, 6) is 0.790. The molecule has 5 nitrogen and oxygen atoms in total. The second kappa shape index (κ2) is 9.08. The lowest BCUT2D eigenvalue weighted by molar-refractivity contribution is 0.0997. The van der Waals surface area contributed by atoms with Crippen molar-refractivity contribution in [3.05, 3.63) is 98.4 Å². The Hall–Kier alpha value is -2.90. The number of thiophene rings is 1. The SMILES string of the molecule is Cc1cccc(NC(c2ccc(Br)cc2)c2c(NC(=O)c3ccco3)sc(C)c2C)n1. The first kappa shape index (κ1) is 21.3. The van der Waals surface area contributed by atoms with Gasteiger partial charge >= 0.3 is 0 Å². The molecular weight excluding hydrogens is 474 g/mol. The number of rotatable bonds is 6. The normalized spacial score (nSPS) is 11.9. The molecule has 0 saturated carbocycles. The summed E-state index contributed by atoms with van der Waals surface area (Å²) < 4.78 is 6.28. The molecule has 0 aliphatic heterocycles. The number of carbonyl (C=O) groups excluding carboxylic acids is 1. The van der Waals surface area contributed by atoms with Gasteiger partial charge in [-0.25, -0.2) is 4.98 Å². The maximum Gasteiger partial charge on any atom is 0.291 e. The molecule has 1 unspecified atom stereocenters. The monoisotopic (exact) mass is 495 g/mol. The molecule has 158 valence electrons. The molecule has 0 bridgehead atoms. The average molecular weight is 496 g/mol. The fourth-order valence-electron chi connectivity index (χ4n) is 3.41. The van der Waals surface area contributed by atoms with E-state index in [-0.39, 0.29) is 17.7 Å². The first-order valence-electron chi connectivity index (χ1n) is 9.83. The van der Waals surface area contributed by atoms with Crippen LogP contribution in [0.25, 0.3) is 0 Å². The topological polar surface area (TPSA) is 67.2 Å². The van der Waals surface area contributed by atoms with Crippen LogP contribution < -0.4 is 10.6 Å². The van der Waals surface area contributed by atoms with Gasteiger partial charge in [0.15, 0.2) is 5.76 Å². The van der Waals surface area contributed by atoms with Gasteiger partial charge in [0.1, 0.15) is 10.8 Å². The zero-order chi connectivity index (χ0) is 22.0. The van der Waals surface area contributed by atoms with Crippen LogP contribution >= 0.6 is 27.3 Å². The Balaban J connectivity index is 1.78. The van der Waals surface area contributed by atoms with Gasteiger partial charge in [-0.15, -0.1) is 11.3 Å². The summed E-state index contributed by atoms with van der Waals surface area (Å²) in [6, 6.07) is 17.2. The Morgan fingerprint density at radius 2 is 1.84 bits per heavy atom. The molecule has 4 rings (SSSR count). The predicted molar refractivity (Wildman–Crippen MR) is 129 cm³/mol. The van der Waals surface area contributed by atoms with Crippen molar-refractivity contribution >= 4 is 44.0 Å². The van der Waals surface area contributed by atoms with E-state index in [1.165, 1.54) is 6.26 Å². The zero-order valence-electron chi connectivity index (χ0n) is 17.4. The van der Waals surface area contributed by atoms with Gasteiger partial charge < -0.3 is 15.1 Å². The van der Waals surface area contributed by atoms with Crippen molar-refractivity contribution in [2.45, 2.75) is 26.8 Å². The molecule has 31 heavy (non-hydrogen) atoms. The van der Waals surface area contributed by atoms with Gasteiger partial charge in [-0.3, -0.25) is 4.79 Å². The fraction of sp³-hybridized carbons (Fsp3) is 0.167. The van der Waals surface area contributed by atoms with Crippen LogP contribution in [0.1, 0.15) is 43.9 Å². The van der Waals surface area contributed by atoms with Crippen LogP contribution in [0.2, 0.25) is 0 Å². The van der Waals surface area contributed by atoms with Gasteiger partial charge in [-0.1, -0.05) is 34.1 Å². The van der Waals surface area contributed by atoms with Gasteiger partial charge in [0.05, 0.1) is 12.3 Å². The molecule has 7 heteroatoms. The molecule has 0 aliphatic rings. The molecule has 0 spiro atoms. The van der Waals surface area contributed by atoms with E-state index in [9.17, 15) is 4.79 Å². The summed E-state index contributed by atoms with van der Waals surface area (Å²) in [7, 11) is 0. The number of nitrogens with zero attached hydrogens (tertiary/aromatic N) is 1. The first-order chi connectivity index (χ1) is 14.9. The van der Waals surface area contributed by atoms with Crippen molar-refractivity contribution in [2.75, 3.05) is 10.6 Å². The lowest BCUT2D eigenvalue weighted by Gasteiger charge is -2.22. The summed E-state index contributed by atoms with van der Waals surface area (Å²) in [5, 5.41) is 7.43. The van der Waals surface area contributed by atoms with Crippen molar-refractivity contribution < 1.29 is 9.21 Å². The molecule has 0 radical (unpaired) electrons. The Labute approximate surface area is 193 Å². The highest BCUT2D eigenvalue weighted by atomic mass is 79.9. The minimum Gasteiger partial charge on any atom is -0.459 e. The van der Waals surface area contributed by atoms with Crippen molar-refractivity contribution in [1.82, 2.24) is 4.98 Å². The second-order valence-electron chi connectivity index (χ2n) is 7.25.